The molecule has 2 heterocycles. The fourth-order valence-corrected chi connectivity index (χ4v) is 2.71. The Hall–Kier alpha value is -0.170. The summed E-state index contributed by atoms with van der Waals surface area (Å²) in [4.78, 5) is 0. The molecule has 0 amide bonds. The van der Waals surface area contributed by atoms with Gasteiger partial charge in [-0.3, -0.25) is 0 Å². The highest BCUT2D eigenvalue weighted by Gasteiger charge is 2.60. The average Bonchev–Trinajstić information content (AvgIpc) is 2.57. The summed E-state index contributed by atoms with van der Waals surface area (Å²) in [5.74, 6) is 0. The van der Waals surface area contributed by atoms with Crippen LogP contribution in [0.5, 0.6) is 0 Å². The van der Waals surface area contributed by atoms with E-state index in [4.69, 9.17) is 9.84 Å². The molecule has 0 saturated carbocycles. The highest BCUT2D eigenvalue weighted by atomic mass is 32.2. The quantitative estimate of drug-likeness (QED) is 0.441. The maximum atomic E-state index is 10.8. The standard InChI is InChI=1S/C4H7NO4S/c6-1-2-3-4(9-3)10(7,8)5-2/h2-6H,1H2. The van der Waals surface area contributed by atoms with Crippen molar-refractivity contribution >= 4 is 10.0 Å². The summed E-state index contributed by atoms with van der Waals surface area (Å²) < 4.78 is 28.7. The Balaban J connectivity index is 2.24. The molecule has 0 bridgehead atoms. The van der Waals surface area contributed by atoms with Crippen molar-refractivity contribution in [3.63, 3.8) is 0 Å². The van der Waals surface area contributed by atoms with Crippen LogP contribution in [0.15, 0.2) is 0 Å². The molecule has 0 aliphatic carbocycles. The average molecular weight is 165 g/mol. The Morgan fingerprint density at radius 2 is 2.30 bits per heavy atom. The molecule has 3 atom stereocenters. The van der Waals surface area contributed by atoms with Crippen LogP contribution in [0, 0.1) is 0 Å². The van der Waals surface area contributed by atoms with Gasteiger partial charge in [-0.05, 0) is 0 Å². The smallest absolute Gasteiger partial charge is 0.241 e. The van der Waals surface area contributed by atoms with Crippen molar-refractivity contribution in [1.82, 2.24) is 4.72 Å². The Bertz CT molecular complexity index is 248. The molecule has 0 spiro atoms. The lowest BCUT2D eigenvalue weighted by molar-refractivity contribution is 0.223. The Morgan fingerprint density at radius 3 is 2.50 bits per heavy atom. The lowest BCUT2D eigenvalue weighted by Crippen LogP contribution is -2.35. The third-order valence-electron chi connectivity index (χ3n) is 1.70. The van der Waals surface area contributed by atoms with Crippen molar-refractivity contribution < 1.29 is 18.3 Å². The maximum Gasteiger partial charge on any atom is 0.241 e. The molecule has 5 nitrogen and oxygen atoms in total. The third-order valence-corrected chi connectivity index (χ3v) is 3.32. The van der Waals surface area contributed by atoms with Crippen molar-refractivity contribution in [3.8, 4) is 0 Å². The van der Waals surface area contributed by atoms with Crippen molar-refractivity contribution in [2.75, 3.05) is 6.61 Å². The first kappa shape index (κ1) is 6.53. The van der Waals surface area contributed by atoms with Crippen molar-refractivity contribution in [2.45, 2.75) is 17.6 Å². The van der Waals surface area contributed by atoms with E-state index in [0.717, 1.165) is 0 Å². The zero-order valence-corrected chi connectivity index (χ0v) is 5.84. The summed E-state index contributed by atoms with van der Waals surface area (Å²) in [6, 6.07) is -0.421. The van der Waals surface area contributed by atoms with E-state index < -0.39 is 21.5 Å². The van der Waals surface area contributed by atoms with E-state index in [-0.39, 0.29) is 12.7 Å². The molecule has 0 aromatic heterocycles. The Kier molecular flexibility index (Phi) is 1.11. The fourth-order valence-electron chi connectivity index (χ4n) is 1.13. The minimum Gasteiger partial charge on any atom is -0.395 e. The molecule has 10 heavy (non-hydrogen) atoms. The van der Waals surface area contributed by atoms with Gasteiger partial charge >= 0.3 is 0 Å². The van der Waals surface area contributed by atoms with E-state index in [2.05, 4.69) is 4.72 Å². The molecule has 2 aliphatic rings. The third kappa shape index (κ3) is 0.701. The summed E-state index contributed by atoms with van der Waals surface area (Å²) in [6.45, 7) is -0.194. The second-order valence-electron chi connectivity index (χ2n) is 2.42. The monoisotopic (exact) mass is 165 g/mol. The lowest BCUT2D eigenvalue weighted by atomic mass is 10.3. The molecular weight excluding hydrogens is 158 g/mol. The minimum absolute atomic E-state index is 0.194. The molecule has 2 saturated heterocycles. The summed E-state index contributed by atoms with van der Waals surface area (Å²) in [5, 5.41) is 8.59. The van der Waals surface area contributed by atoms with Gasteiger partial charge in [0.05, 0.1) is 12.6 Å². The largest absolute Gasteiger partial charge is 0.395 e. The molecule has 2 rings (SSSR count). The summed E-state index contributed by atoms with van der Waals surface area (Å²) >= 11 is 0. The first-order valence-electron chi connectivity index (χ1n) is 2.92. The molecule has 58 valence electrons. The summed E-state index contributed by atoms with van der Waals surface area (Å²) in [6.07, 6.45) is -0.310. The van der Waals surface area contributed by atoms with Gasteiger partial charge in [0.15, 0.2) is 0 Å². The number of nitrogens with one attached hydrogen (secondary N) is 1. The number of hydrogen-bond donors (Lipinski definition) is 2. The first-order chi connectivity index (χ1) is 4.65. The van der Waals surface area contributed by atoms with E-state index in [9.17, 15) is 8.42 Å². The van der Waals surface area contributed by atoms with Crippen LogP contribution in [-0.4, -0.2) is 37.7 Å². The van der Waals surface area contributed by atoms with Gasteiger partial charge in [0.2, 0.25) is 15.5 Å². The van der Waals surface area contributed by atoms with Crippen LogP contribution in [0.4, 0.5) is 0 Å². The number of fused-ring (bicyclic) bond motifs is 1. The van der Waals surface area contributed by atoms with Gasteiger partial charge in [-0.15, -0.1) is 0 Å². The van der Waals surface area contributed by atoms with Gasteiger partial charge in [-0.2, -0.15) is 0 Å². The molecule has 2 fully saturated rings. The normalized spacial score (nSPS) is 48.7. The van der Waals surface area contributed by atoms with E-state index in [1.165, 1.54) is 0 Å². The number of ether oxygens (including phenoxy) is 1. The zero-order valence-electron chi connectivity index (χ0n) is 5.02. The number of sulfonamides is 1. The van der Waals surface area contributed by atoms with E-state index in [1.54, 1.807) is 0 Å². The first-order valence-corrected chi connectivity index (χ1v) is 4.47. The Labute approximate surface area is 58.0 Å². The predicted molar refractivity (Wildman–Crippen MR) is 31.6 cm³/mol. The number of hydrogen-bond acceptors (Lipinski definition) is 4. The molecule has 0 aromatic rings. The maximum absolute atomic E-state index is 10.8. The molecule has 2 aliphatic heterocycles. The second-order valence-corrected chi connectivity index (χ2v) is 4.21. The SMILES string of the molecule is O=S1(=O)NC(CO)C2OC21. The molecular formula is C4H7NO4S. The van der Waals surface area contributed by atoms with Crippen LogP contribution in [-0.2, 0) is 14.8 Å². The van der Waals surface area contributed by atoms with Crippen LogP contribution in [0.1, 0.15) is 0 Å². The lowest BCUT2D eigenvalue weighted by Gasteiger charge is -2.05. The molecule has 0 aromatic carbocycles. The van der Waals surface area contributed by atoms with Gasteiger partial charge in [0, 0.05) is 0 Å². The van der Waals surface area contributed by atoms with Crippen molar-refractivity contribution in [2.24, 2.45) is 0 Å². The van der Waals surface area contributed by atoms with Crippen LogP contribution in [0.25, 0.3) is 0 Å². The molecule has 0 radical (unpaired) electrons. The number of aliphatic hydroxyl groups is 1. The number of epoxide rings is 1. The van der Waals surface area contributed by atoms with Crippen LogP contribution >= 0.6 is 0 Å². The van der Waals surface area contributed by atoms with Gasteiger partial charge in [-0.1, -0.05) is 0 Å². The second kappa shape index (κ2) is 1.70. The zero-order chi connectivity index (χ0) is 7.35. The topological polar surface area (TPSA) is 78.9 Å². The van der Waals surface area contributed by atoms with Crippen molar-refractivity contribution in [1.29, 1.82) is 0 Å². The predicted octanol–water partition coefficient (Wildman–Crippen LogP) is -1.99. The van der Waals surface area contributed by atoms with Gasteiger partial charge in [0.1, 0.15) is 6.10 Å². The van der Waals surface area contributed by atoms with Crippen LogP contribution in [0.2, 0.25) is 0 Å². The highest BCUT2D eigenvalue weighted by molar-refractivity contribution is 7.90. The summed E-state index contributed by atoms with van der Waals surface area (Å²) in [5.41, 5.74) is -0.690. The van der Waals surface area contributed by atoms with Gasteiger partial charge in [0.25, 0.3) is 0 Å². The summed E-state index contributed by atoms with van der Waals surface area (Å²) in [7, 11) is -3.24. The molecule has 6 heteroatoms. The highest BCUT2D eigenvalue weighted by Crippen LogP contribution is 2.35. The van der Waals surface area contributed by atoms with E-state index >= 15 is 0 Å². The van der Waals surface area contributed by atoms with E-state index in [1.807, 2.05) is 0 Å². The van der Waals surface area contributed by atoms with Gasteiger partial charge < -0.3 is 9.84 Å². The molecule has 3 unspecified atom stereocenters. The van der Waals surface area contributed by atoms with E-state index in [0.29, 0.717) is 0 Å². The minimum atomic E-state index is -3.24. The molecule has 2 N–H and O–H groups in total. The van der Waals surface area contributed by atoms with Crippen LogP contribution in [0.3, 0.4) is 0 Å². The fraction of sp³-hybridized carbons (Fsp3) is 1.00. The number of aliphatic hydroxyl groups excluding tert-OH is 1. The van der Waals surface area contributed by atoms with Gasteiger partial charge in [-0.25, -0.2) is 13.1 Å². The van der Waals surface area contributed by atoms with Crippen LogP contribution < -0.4 is 4.72 Å². The Morgan fingerprint density at radius 1 is 1.60 bits per heavy atom. The van der Waals surface area contributed by atoms with Crippen molar-refractivity contribution in [3.05, 3.63) is 0 Å². The number of rotatable bonds is 1.